The molecule has 2 amide bonds. The van der Waals surface area contributed by atoms with E-state index in [0.29, 0.717) is 12.5 Å². The summed E-state index contributed by atoms with van der Waals surface area (Å²) < 4.78 is 0. The van der Waals surface area contributed by atoms with Gasteiger partial charge in [-0.25, -0.2) is 5.48 Å². The number of hydrogen-bond donors (Lipinski definition) is 2. The van der Waals surface area contributed by atoms with Gasteiger partial charge in [-0.1, -0.05) is 34.6 Å². The molecule has 0 fully saturated rings. The molecule has 0 saturated heterocycles. The Hall–Kier alpha value is -1.10. The van der Waals surface area contributed by atoms with E-state index in [2.05, 4.69) is 10.8 Å². The molecule has 0 rings (SSSR count). The molecule has 0 aromatic heterocycles. The number of amides is 2. The fraction of sp³-hybridized carbons (Fsp3) is 0.846. The second-order valence-electron chi connectivity index (χ2n) is 5.37. The minimum Gasteiger partial charge on any atom is -0.356 e. The summed E-state index contributed by atoms with van der Waals surface area (Å²) in [5.74, 6) is -0.275. The molecule has 0 aromatic carbocycles. The molecular weight excluding hydrogens is 232 g/mol. The molecule has 0 unspecified atom stereocenters. The van der Waals surface area contributed by atoms with Gasteiger partial charge in [-0.15, -0.1) is 0 Å². The van der Waals surface area contributed by atoms with Crippen LogP contribution in [0.15, 0.2) is 0 Å². The zero-order valence-corrected chi connectivity index (χ0v) is 12.2. The van der Waals surface area contributed by atoms with Crippen LogP contribution in [0.25, 0.3) is 0 Å². The highest BCUT2D eigenvalue weighted by molar-refractivity contribution is 5.79. The van der Waals surface area contributed by atoms with Crippen LogP contribution in [0.1, 0.15) is 41.5 Å². The van der Waals surface area contributed by atoms with Crippen molar-refractivity contribution >= 4 is 11.8 Å². The van der Waals surface area contributed by atoms with Crippen molar-refractivity contribution < 1.29 is 14.4 Å². The lowest BCUT2D eigenvalue weighted by molar-refractivity contribution is -0.147. The van der Waals surface area contributed by atoms with E-state index < -0.39 is 0 Å². The minimum absolute atomic E-state index is 0.0602. The molecule has 0 heterocycles. The van der Waals surface area contributed by atoms with Gasteiger partial charge in [-0.3, -0.25) is 14.4 Å². The van der Waals surface area contributed by atoms with E-state index in [1.54, 1.807) is 27.7 Å². The first-order chi connectivity index (χ1) is 8.25. The van der Waals surface area contributed by atoms with Gasteiger partial charge in [-0.2, -0.15) is 0 Å². The molecule has 2 atom stereocenters. The van der Waals surface area contributed by atoms with Gasteiger partial charge in [-0.05, 0) is 12.8 Å². The summed E-state index contributed by atoms with van der Waals surface area (Å²) in [6.07, 6.45) is -0.361. The number of nitrogens with one attached hydrogen (secondary N) is 2. The zero-order chi connectivity index (χ0) is 14.3. The van der Waals surface area contributed by atoms with Gasteiger partial charge in [0, 0.05) is 12.5 Å². The minimum atomic E-state index is -0.361. The van der Waals surface area contributed by atoms with Gasteiger partial charge in [0.25, 0.3) is 0 Å². The Balaban J connectivity index is 4.05. The van der Waals surface area contributed by atoms with Crippen molar-refractivity contribution in [3.8, 4) is 0 Å². The highest BCUT2D eigenvalue weighted by Crippen LogP contribution is 2.06. The molecule has 0 saturated carbocycles. The average molecular weight is 258 g/mol. The standard InChI is InChI=1S/C13H26N2O3/c1-8(2)7-14-13(17)10(5)11(6)18-15-12(16)9(3)4/h8-11H,7H2,1-6H3,(H,14,17)(H,15,16)/t10-,11-/m1/s1. The van der Waals surface area contributed by atoms with Gasteiger partial charge < -0.3 is 5.32 Å². The van der Waals surface area contributed by atoms with Gasteiger partial charge in [0.2, 0.25) is 11.8 Å². The van der Waals surface area contributed by atoms with Crippen molar-refractivity contribution in [2.24, 2.45) is 17.8 Å². The summed E-state index contributed by atoms with van der Waals surface area (Å²) in [5, 5.41) is 2.84. The molecule has 106 valence electrons. The van der Waals surface area contributed by atoms with Crippen LogP contribution >= 0.6 is 0 Å². The van der Waals surface area contributed by atoms with Gasteiger partial charge in [0.1, 0.15) is 0 Å². The second kappa shape index (κ2) is 8.08. The third kappa shape index (κ3) is 6.59. The molecule has 5 nitrogen and oxygen atoms in total. The van der Waals surface area contributed by atoms with E-state index in [1.165, 1.54) is 0 Å². The Kier molecular flexibility index (Phi) is 7.59. The van der Waals surface area contributed by atoms with Crippen LogP contribution in [0.2, 0.25) is 0 Å². The lowest BCUT2D eigenvalue weighted by Gasteiger charge is -2.20. The fourth-order valence-electron chi connectivity index (χ4n) is 1.05. The fourth-order valence-corrected chi connectivity index (χ4v) is 1.05. The predicted octanol–water partition coefficient (Wildman–Crippen LogP) is 1.49. The summed E-state index contributed by atoms with van der Waals surface area (Å²) in [5.41, 5.74) is 2.36. The first-order valence-electron chi connectivity index (χ1n) is 6.48. The van der Waals surface area contributed by atoms with E-state index in [-0.39, 0.29) is 29.8 Å². The number of hydroxylamine groups is 1. The van der Waals surface area contributed by atoms with Crippen LogP contribution in [0, 0.1) is 17.8 Å². The van der Waals surface area contributed by atoms with Gasteiger partial charge >= 0.3 is 0 Å². The molecule has 18 heavy (non-hydrogen) atoms. The number of carbonyl (C=O) groups is 2. The predicted molar refractivity (Wildman–Crippen MR) is 70.5 cm³/mol. The summed E-state index contributed by atoms with van der Waals surface area (Å²) in [4.78, 5) is 28.3. The third-order valence-corrected chi connectivity index (χ3v) is 2.67. The third-order valence-electron chi connectivity index (χ3n) is 2.67. The lowest BCUT2D eigenvalue weighted by atomic mass is 10.1. The smallest absolute Gasteiger partial charge is 0.246 e. The average Bonchev–Trinajstić information content (AvgIpc) is 2.31. The number of carbonyl (C=O) groups excluding carboxylic acids is 2. The summed E-state index contributed by atoms with van der Waals surface area (Å²) in [6, 6.07) is 0. The van der Waals surface area contributed by atoms with E-state index in [4.69, 9.17) is 4.84 Å². The van der Waals surface area contributed by atoms with Gasteiger partial charge in [0.05, 0.1) is 12.0 Å². The van der Waals surface area contributed by atoms with Crippen molar-refractivity contribution in [3.63, 3.8) is 0 Å². The van der Waals surface area contributed by atoms with Crippen LogP contribution in [0.3, 0.4) is 0 Å². The Labute approximate surface area is 110 Å². The Morgan fingerprint density at radius 2 is 1.56 bits per heavy atom. The van der Waals surface area contributed by atoms with Crippen LogP contribution in [0.4, 0.5) is 0 Å². The molecule has 0 aliphatic rings. The summed E-state index contributed by atoms with van der Waals surface area (Å²) in [7, 11) is 0. The molecule has 0 bridgehead atoms. The maximum atomic E-state index is 11.8. The second-order valence-corrected chi connectivity index (χ2v) is 5.37. The Morgan fingerprint density at radius 1 is 1.00 bits per heavy atom. The van der Waals surface area contributed by atoms with E-state index in [0.717, 1.165) is 0 Å². The van der Waals surface area contributed by atoms with Gasteiger partial charge in [0.15, 0.2) is 0 Å². The van der Waals surface area contributed by atoms with Crippen LogP contribution in [-0.4, -0.2) is 24.5 Å². The molecule has 0 aromatic rings. The van der Waals surface area contributed by atoms with Crippen molar-refractivity contribution in [1.29, 1.82) is 0 Å². The molecule has 5 heteroatoms. The van der Waals surface area contributed by atoms with Crippen molar-refractivity contribution in [3.05, 3.63) is 0 Å². The summed E-state index contributed by atoms with van der Waals surface area (Å²) in [6.45, 7) is 11.8. The van der Waals surface area contributed by atoms with Crippen molar-refractivity contribution in [1.82, 2.24) is 10.8 Å². The molecule has 0 aliphatic carbocycles. The number of rotatable bonds is 7. The first-order valence-corrected chi connectivity index (χ1v) is 6.48. The molecule has 2 N–H and O–H groups in total. The highest BCUT2D eigenvalue weighted by Gasteiger charge is 2.22. The van der Waals surface area contributed by atoms with Crippen molar-refractivity contribution in [2.75, 3.05) is 6.54 Å². The van der Waals surface area contributed by atoms with E-state index >= 15 is 0 Å². The highest BCUT2D eigenvalue weighted by atomic mass is 16.7. The molecule has 0 aliphatic heterocycles. The van der Waals surface area contributed by atoms with E-state index in [1.807, 2.05) is 13.8 Å². The SMILES string of the molecule is CC(C)CNC(=O)[C@H](C)[C@@H](C)ONC(=O)C(C)C. The Bertz CT molecular complexity index is 277. The maximum Gasteiger partial charge on any atom is 0.246 e. The molecular formula is C13H26N2O3. The lowest BCUT2D eigenvalue weighted by Crippen LogP contribution is -2.41. The molecule has 0 radical (unpaired) electrons. The largest absolute Gasteiger partial charge is 0.356 e. The Morgan fingerprint density at radius 3 is 2.00 bits per heavy atom. The van der Waals surface area contributed by atoms with E-state index in [9.17, 15) is 9.59 Å². The maximum absolute atomic E-state index is 11.8. The zero-order valence-electron chi connectivity index (χ0n) is 12.2. The summed E-state index contributed by atoms with van der Waals surface area (Å²) >= 11 is 0. The topological polar surface area (TPSA) is 67.4 Å². The normalized spacial score (nSPS) is 14.4. The van der Waals surface area contributed by atoms with Crippen LogP contribution in [0.5, 0.6) is 0 Å². The van der Waals surface area contributed by atoms with Crippen LogP contribution < -0.4 is 10.8 Å². The number of hydrogen-bond acceptors (Lipinski definition) is 3. The van der Waals surface area contributed by atoms with Crippen molar-refractivity contribution in [2.45, 2.75) is 47.6 Å². The quantitative estimate of drug-likeness (QED) is 0.680. The monoisotopic (exact) mass is 258 g/mol. The van der Waals surface area contributed by atoms with Crippen LogP contribution in [-0.2, 0) is 14.4 Å². The molecule has 0 spiro atoms. The first kappa shape index (κ1) is 16.9.